The molecule has 2 aromatic heterocycles. The van der Waals surface area contributed by atoms with Crippen molar-refractivity contribution in [2.45, 2.75) is 55.0 Å². The Balaban J connectivity index is 1.36. The zero-order valence-corrected chi connectivity index (χ0v) is 19.8. The van der Waals surface area contributed by atoms with Crippen LogP contribution in [0.4, 0.5) is 0 Å². The van der Waals surface area contributed by atoms with Crippen molar-refractivity contribution in [3.63, 3.8) is 0 Å². The molecule has 0 spiro atoms. The molecule has 1 saturated carbocycles. The largest absolute Gasteiger partial charge is 0.303 e. The Bertz CT molecular complexity index is 1110. The average Bonchev–Trinajstić information content (AvgIpc) is 3.41. The number of nitrogens with zero attached hydrogens (tertiary/aromatic N) is 4. The molecule has 0 radical (unpaired) electrons. The summed E-state index contributed by atoms with van der Waals surface area (Å²) >= 11 is 9.13. The van der Waals surface area contributed by atoms with E-state index in [1.165, 1.54) is 21.5 Å². The summed E-state index contributed by atoms with van der Waals surface area (Å²) in [6.07, 6.45) is 5.41. The summed E-state index contributed by atoms with van der Waals surface area (Å²) in [5.74, 6) is 0.548. The number of benzene rings is 1. The maximum absolute atomic E-state index is 13.4. The standard InChI is InChI=1S/C23H23ClN4O2S2/c24-16-8-6-15(7-9-16)21(29)27-12-2-1-5-19(22(27)30)32-23-26-25-20(28(23)17-10-11-17)14-18-4-3-13-31-18/h3-4,6-9,13,17,19H,1-2,5,10-12,14H2/t19-/m1/s1. The topological polar surface area (TPSA) is 68.1 Å². The highest BCUT2D eigenvalue weighted by atomic mass is 35.5. The van der Waals surface area contributed by atoms with Gasteiger partial charge in [0.05, 0.1) is 5.25 Å². The number of amides is 2. The first-order valence-corrected chi connectivity index (χ1v) is 13.0. The van der Waals surface area contributed by atoms with Gasteiger partial charge in [0.15, 0.2) is 5.16 Å². The maximum Gasteiger partial charge on any atom is 0.260 e. The Labute approximate surface area is 200 Å². The summed E-state index contributed by atoms with van der Waals surface area (Å²) in [5.41, 5.74) is 0.479. The summed E-state index contributed by atoms with van der Waals surface area (Å²) in [6.45, 7) is 0.441. The van der Waals surface area contributed by atoms with Gasteiger partial charge in [-0.1, -0.05) is 35.9 Å². The molecule has 2 aliphatic rings. The van der Waals surface area contributed by atoms with Crippen LogP contribution in [0, 0.1) is 0 Å². The predicted octanol–water partition coefficient (Wildman–Crippen LogP) is 5.23. The molecule has 166 valence electrons. The van der Waals surface area contributed by atoms with Gasteiger partial charge >= 0.3 is 0 Å². The van der Waals surface area contributed by atoms with Crippen LogP contribution in [0.2, 0.25) is 5.02 Å². The Morgan fingerprint density at radius 1 is 1.12 bits per heavy atom. The minimum Gasteiger partial charge on any atom is -0.303 e. The van der Waals surface area contributed by atoms with Crippen LogP contribution >= 0.6 is 34.7 Å². The number of halogens is 1. The number of carbonyl (C=O) groups is 2. The first-order valence-electron chi connectivity index (χ1n) is 10.8. The van der Waals surface area contributed by atoms with Gasteiger partial charge in [-0.25, -0.2) is 0 Å². The van der Waals surface area contributed by atoms with Crippen molar-refractivity contribution < 1.29 is 9.59 Å². The van der Waals surface area contributed by atoms with Crippen LogP contribution in [0.1, 0.15) is 59.2 Å². The van der Waals surface area contributed by atoms with E-state index in [9.17, 15) is 9.59 Å². The molecule has 3 heterocycles. The van der Waals surface area contributed by atoms with Crippen LogP contribution in [0.5, 0.6) is 0 Å². The predicted molar refractivity (Wildman–Crippen MR) is 126 cm³/mol. The second kappa shape index (κ2) is 9.37. The van der Waals surface area contributed by atoms with Crippen molar-refractivity contribution in [1.82, 2.24) is 19.7 Å². The quantitative estimate of drug-likeness (QED) is 0.446. The molecule has 1 atom stereocenters. The molecule has 2 amide bonds. The fourth-order valence-corrected chi connectivity index (χ4v) is 6.02. The fourth-order valence-electron chi connectivity index (χ4n) is 3.97. The van der Waals surface area contributed by atoms with Gasteiger partial charge in [-0.2, -0.15) is 0 Å². The van der Waals surface area contributed by atoms with E-state index < -0.39 is 0 Å². The number of hydrogen-bond donors (Lipinski definition) is 0. The van der Waals surface area contributed by atoms with Crippen LogP contribution in [0.15, 0.2) is 46.9 Å². The van der Waals surface area contributed by atoms with Crippen LogP contribution in [0.25, 0.3) is 0 Å². The summed E-state index contributed by atoms with van der Waals surface area (Å²) in [7, 11) is 0. The van der Waals surface area contributed by atoms with Gasteiger partial charge in [0.25, 0.3) is 5.91 Å². The number of carbonyl (C=O) groups excluding carboxylic acids is 2. The lowest BCUT2D eigenvalue weighted by atomic mass is 10.2. The number of aromatic nitrogens is 3. The van der Waals surface area contributed by atoms with Crippen molar-refractivity contribution >= 4 is 46.5 Å². The number of rotatable bonds is 6. The van der Waals surface area contributed by atoms with Crippen molar-refractivity contribution in [3.8, 4) is 0 Å². The third-order valence-electron chi connectivity index (χ3n) is 5.78. The highest BCUT2D eigenvalue weighted by Crippen LogP contribution is 2.41. The second-order valence-electron chi connectivity index (χ2n) is 8.16. The van der Waals surface area contributed by atoms with E-state index in [0.717, 1.165) is 49.5 Å². The molecule has 9 heteroatoms. The van der Waals surface area contributed by atoms with Crippen molar-refractivity contribution in [1.29, 1.82) is 0 Å². The van der Waals surface area contributed by atoms with E-state index in [1.807, 2.05) is 6.07 Å². The molecule has 5 rings (SSSR count). The lowest BCUT2D eigenvalue weighted by Crippen LogP contribution is -2.41. The Morgan fingerprint density at radius 2 is 1.94 bits per heavy atom. The van der Waals surface area contributed by atoms with Gasteiger partial charge in [0, 0.05) is 34.5 Å². The van der Waals surface area contributed by atoms with E-state index >= 15 is 0 Å². The highest BCUT2D eigenvalue weighted by molar-refractivity contribution is 8.00. The van der Waals surface area contributed by atoms with E-state index in [2.05, 4.69) is 26.2 Å². The Morgan fingerprint density at radius 3 is 2.66 bits per heavy atom. The number of likely N-dealkylation sites (tertiary alicyclic amines) is 1. The van der Waals surface area contributed by atoms with Crippen LogP contribution in [-0.2, 0) is 11.2 Å². The number of hydrogen-bond acceptors (Lipinski definition) is 6. The molecule has 1 saturated heterocycles. The lowest BCUT2D eigenvalue weighted by molar-refractivity contribution is -0.127. The van der Waals surface area contributed by atoms with Gasteiger partial charge in [-0.15, -0.1) is 21.5 Å². The molecular weight excluding hydrogens is 464 g/mol. The highest BCUT2D eigenvalue weighted by Gasteiger charge is 2.36. The molecular formula is C23H23ClN4O2S2. The van der Waals surface area contributed by atoms with Gasteiger partial charge in [0.1, 0.15) is 5.82 Å². The molecule has 0 bridgehead atoms. The number of imide groups is 1. The maximum atomic E-state index is 13.4. The van der Waals surface area contributed by atoms with Crippen LogP contribution in [0.3, 0.4) is 0 Å². The van der Waals surface area contributed by atoms with Crippen molar-refractivity contribution in [2.75, 3.05) is 6.54 Å². The van der Waals surface area contributed by atoms with Gasteiger partial charge in [-0.05, 0) is 61.4 Å². The van der Waals surface area contributed by atoms with E-state index in [1.54, 1.807) is 35.6 Å². The molecule has 1 aromatic carbocycles. The Kier molecular flexibility index (Phi) is 6.35. The third-order valence-corrected chi connectivity index (χ3v) is 8.12. The second-order valence-corrected chi connectivity index (χ2v) is 10.8. The van der Waals surface area contributed by atoms with E-state index in [0.29, 0.717) is 23.2 Å². The summed E-state index contributed by atoms with van der Waals surface area (Å²) in [4.78, 5) is 29.1. The SMILES string of the molecule is O=C(c1ccc(Cl)cc1)N1CCCC[C@@H](Sc2nnc(Cc3cccs3)n2C2CC2)C1=O. The van der Waals surface area contributed by atoms with E-state index in [-0.39, 0.29) is 17.1 Å². The molecule has 0 N–H and O–H groups in total. The zero-order valence-electron chi connectivity index (χ0n) is 17.4. The zero-order chi connectivity index (χ0) is 22.1. The summed E-state index contributed by atoms with van der Waals surface area (Å²) in [5, 5.41) is 12.0. The molecule has 32 heavy (non-hydrogen) atoms. The fraction of sp³-hybridized carbons (Fsp3) is 0.391. The Hall–Kier alpha value is -2.16. The minimum atomic E-state index is -0.343. The number of thiophene rings is 1. The van der Waals surface area contributed by atoms with Gasteiger partial charge < -0.3 is 4.57 Å². The van der Waals surface area contributed by atoms with Crippen molar-refractivity contribution in [2.24, 2.45) is 0 Å². The molecule has 0 unspecified atom stereocenters. The summed E-state index contributed by atoms with van der Waals surface area (Å²) in [6, 6.07) is 11.3. The molecule has 3 aromatic rings. The molecule has 1 aliphatic carbocycles. The smallest absolute Gasteiger partial charge is 0.260 e. The van der Waals surface area contributed by atoms with Crippen molar-refractivity contribution in [3.05, 3.63) is 63.1 Å². The lowest BCUT2D eigenvalue weighted by Gasteiger charge is -2.22. The number of thioether (sulfide) groups is 1. The third kappa shape index (κ3) is 4.63. The first-order chi connectivity index (χ1) is 15.6. The normalized spacial score (nSPS) is 19.2. The summed E-state index contributed by atoms with van der Waals surface area (Å²) < 4.78 is 2.22. The van der Waals surface area contributed by atoms with Gasteiger partial charge in [-0.3, -0.25) is 14.5 Å². The van der Waals surface area contributed by atoms with Crippen LogP contribution < -0.4 is 0 Å². The minimum absolute atomic E-state index is 0.141. The van der Waals surface area contributed by atoms with Crippen LogP contribution in [-0.4, -0.2) is 43.3 Å². The van der Waals surface area contributed by atoms with E-state index in [4.69, 9.17) is 11.6 Å². The average molecular weight is 487 g/mol. The van der Waals surface area contributed by atoms with Gasteiger partial charge in [0.2, 0.25) is 5.91 Å². The molecule has 2 fully saturated rings. The molecule has 1 aliphatic heterocycles. The monoisotopic (exact) mass is 486 g/mol. The molecule has 6 nitrogen and oxygen atoms in total. The first kappa shape index (κ1) is 21.7.